The van der Waals surface area contributed by atoms with Gasteiger partial charge in [-0.2, -0.15) is 0 Å². The number of halogens is 1. The number of nitrogens with one attached hydrogen (secondary N) is 1. The van der Waals surface area contributed by atoms with Crippen LogP contribution in [0.1, 0.15) is 17.2 Å². The van der Waals surface area contributed by atoms with Crippen molar-refractivity contribution in [2.24, 2.45) is 0 Å². The Hall–Kier alpha value is -2.40. The summed E-state index contributed by atoms with van der Waals surface area (Å²) in [6.45, 7) is 0.0248. The van der Waals surface area contributed by atoms with E-state index < -0.39 is 18.0 Å². The number of carbonyl (C=O) groups is 1. The molecule has 0 radical (unpaired) electrons. The predicted octanol–water partition coefficient (Wildman–Crippen LogP) is 2.79. The van der Waals surface area contributed by atoms with Crippen molar-refractivity contribution in [1.82, 2.24) is 5.32 Å². The molecule has 0 aliphatic carbocycles. The van der Waals surface area contributed by atoms with Gasteiger partial charge in [-0.1, -0.05) is 48.5 Å². The molecule has 0 aromatic heterocycles. The zero-order valence-corrected chi connectivity index (χ0v) is 11.3. The van der Waals surface area contributed by atoms with E-state index in [0.29, 0.717) is 0 Å². The van der Waals surface area contributed by atoms with Crippen LogP contribution in [0, 0.1) is 5.82 Å². The van der Waals surface area contributed by atoms with Crippen molar-refractivity contribution in [2.45, 2.75) is 12.7 Å². The zero-order chi connectivity index (χ0) is 15.1. The van der Waals surface area contributed by atoms with E-state index >= 15 is 0 Å². The number of carbonyl (C=O) groups excluding carboxylic acids is 1. The third-order valence-corrected chi connectivity index (χ3v) is 2.92. The highest BCUT2D eigenvalue weighted by Gasteiger charge is 2.13. The SMILES string of the molecule is O=C(NCC(O)c1ccccc1F)OCc1ccccc1. The molecule has 0 fully saturated rings. The molecule has 4 nitrogen and oxygen atoms in total. The fourth-order valence-electron chi connectivity index (χ4n) is 1.81. The van der Waals surface area contributed by atoms with Gasteiger partial charge in [0.2, 0.25) is 0 Å². The summed E-state index contributed by atoms with van der Waals surface area (Å²) < 4.78 is 18.4. The average molecular weight is 289 g/mol. The first kappa shape index (κ1) is 15.0. The van der Waals surface area contributed by atoms with Crippen LogP contribution in [0.5, 0.6) is 0 Å². The van der Waals surface area contributed by atoms with Gasteiger partial charge in [-0.15, -0.1) is 0 Å². The maximum absolute atomic E-state index is 13.4. The van der Waals surface area contributed by atoms with Crippen molar-refractivity contribution in [1.29, 1.82) is 0 Å². The lowest BCUT2D eigenvalue weighted by Gasteiger charge is -2.13. The Bertz CT molecular complexity index is 589. The lowest BCUT2D eigenvalue weighted by molar-refractivity contribution is 0.125. The van der Waals surface area contributed by atoms with Gasteiger partial charge in [0, 0.05) is 5.56 Å². The van der Waals surface area contributed by atoms with Gasteiger partial charge < -0.3 is 15.2 Å². The molecule has 2 aromatic carbocycles. The normalized spacial score (nSPS) is 11.7. The van der Waals surface area contributed by atoms with Crippen LogP contribution in [0.25, 0.3) is 0 Å². The third kappa shape index (κ3) is 4.57. The van der Waals surface area contributed by atoms with E-state index in [0.717, 1.165) is 5.56 Å². The Morgan fingerprint density at radius 1 is 1.14 bits per heavy atom. The number of benzene rings is 2. The van der Waals surface area contributed by atoms with Crippen molar-refractivity contribution < 1.29 is 19.0 Å². The number of ether oxygens (including phenoxy) is 1. The minimum Gasteiger partial charge on any atom is -0.445 e. The summed E-state index contributed by atoms with van der Waals surface area (Å²) in [6.07, 6.45) is -1.77. The summed E-state index contributed by atoms with van der Waals surface area (Å²) >= 11 is 0. The molecule has 0 spiro atoms. The highest BCUT2D eigenvalue weighted by Crippen LogP contribution is 2.15. The summed E-state index contributed by atoms with van der Waals surface area (Å²) in [5.41, 5.74) is 1.00. The largest absolute Gasteiger partial charge is 0.445 e. The molecule has 2 aromatic rings. The standard InChI is InChI=1S/C16H16FNO3/c17-14-9-5-4-8-13(14)15(19)10-18-16(20)21-11-12-6-2-1-3-7-12/h1-9,15,19H,10-11H2,(H,18,20). The van der Waals surface area contributed by atoms with Gasteiger partial charge >= 0.3 is 6.09 Å². The van der Waals surface area contributed by atoms with Gasteiger partial charge in [0.25, 0.3) is 0 Å². The summed E-state index contributed by atoms with van der Waals surface area (Å²) in [4.78, 5) is 11.5. The molecule has 0 saturated carbocycles. The number of hydrogen-bond acceptors (Lipinski definition) is 3. The number of alkyl carbamates (subject to hydrolysis) is 1. The Morgan fingerprint density at radius 3 is 2.52 bits per heavy atom. The first-order chi connectivity index (χ1) is 10.2. The average Bonchev–Trinajstić information content (AvgIpc) is 2.52. The number of rotatable bonds is 5. The molecule has 1 atom stereocenters. The summed E-state index contributed by atoms with van der Waals surface area (Å²) in [5, 5.41) is 12.2. The minimum atomic E-state index is -1.12. The molecular weight excluding hydrogens is 273 g/mol. The van der Waals surface area contributed by atoms with Crippen LogP contribution in [-0.2, 0) is 11.3 Å². The molecule has 110 valence electrons. The lowest BCUT2D eigenvalue weighted by Crippen LogP contribution is -2.29. The third-order valence-electron chi connectivity index (χ3n) is 2.92. The quantitative estimate of drug-likeness (QED) is 0.890. The van der Waals surface area contributed by atoms with E-state index in [-0.39, 0.29) is 18.7 Å². The highest BCUT2D eigenvalue weighted by molar-refractivity contribution is 5.67. The van der Waals surface area contributed by atoms with Crippen molar-refractivity contribution in [3.05, 3.63) is 71.5 Å². The number of amides is 1. The molecular formula is C16H16FNO3. The summed E-state index contributed by atoms with van der Waals surface area (Å²) in [6, 6.07) is 15.1. The summed E-state index contributed by atoms with van der Waals surface area (Å²) in [7, 11) is 0. The van der Waals surface area contributed by atoms with E-state index in [9.17, 15) is 14.3 Å². The van der Waals surface area contributed by atoms with Crippen molar-refractivity contribution in [3.63, 3.8) is 0 Å². The second-order valence-electron chi connectivity index (χ2n) is 4.48. The molecule has 0 aliphatic rings. The van der Waals surface area contributed by atoms with E-state index in [1.165, 1.54) is 18.2 Å². The second kappa shape index (κ2) is 7.40. The van der Waals surface area contributed by atoms with Gasteiger partial charge in [0.1, 0.15) is 12.4 Å². The number of hydrogen-bond donors (Lipinski definition) is 2. The smallest absolute Gasteiger partial charge is 0.407 e. The van der Waals surface area contributed by atoms with Gasteiger partial charge in [-0.3, -0.25) is 0 Å². The van der Waals surface area contributed by atoms with Gasteiger partial charge in [0.15, 0.2) is 0 Å². The Morgan fingerprint density at radius 2 is 1.81 bits per heavy atom. The molecule has 0 saturated heterocycles. The molecule has 2 N–H and O–H groups in total. The monoisotopic (exact) mass is 289 g/mol. The molecule has 2 rings (SSSR count). The summed E-state index contributed by atoms with van der Waals surface area (Å²) in [5.74, 6) is -0.510. The fourth-order valence-corrected chi connectivity index (χ4v) is 1.81. The topological polar surface area (TPSA) is 58.6 Å². The molecule has 1 amide bonds. The first-order valence-electron chi connectivity index (χ1n) is 6.54. The van der Waals surface area contributed by atoms with Crippen LogP contribution in [0.4, 0.5) is 9.18 Å². The van der Waals surface area contributed by atoms with Gasteiger partial charge in [0.05, 0.1) is 12.6 Å². The molecule has 0 bridgehead atoms. The zero-order valence-electron chi connectivity index (χ0n) is 11.3. The predicted molar refractivity (Wildman–Crippen MR) is 76.0 cm³/mol. The molecule has 0 aliphatic heterocycles. The molecule has 5 heteroatoms. The Kier molecular flexibility index (Phi) is 5.29. The fraction of sp³-hybridized carbons (Fsp3) is 0.188. The Labute approximate surface area is 122 Å². The molecule has 21 heavy (non-hydrogen) atoms. The van der Waals surface area contributed by atoms with Crippen LogP contribution < -0.4 is 5.32 Å². The van der Waals surface area contributed by atoms with Crippen molar-refractivity contribution >= 4 is 6.09 Å². The minimum absolute atomic E-state index is 0.117. The van der Waals surface area contributed by atoms with E-state index in [4.69, 9.17) is 4.74 Å². The molecule has 0 heterocycles. The van der Waals surface area contributed by atoms with Crippen molar-refractivity contribution in [3.8, 4) is 0 Å². The van der Waals surface area contributed by atoms with Crippen LogP contribution in [0.3, 0.4) is 0 Å². The van der Waals surface area contributed by atoms with Crippen molar-refractivity contribution in [2.75, 3.05) is 6.54 Å². The van der Waals surface area contributed by atoms with E-state index in [1.54, 1.807) is 6.07 Å². The van der Waals surface area contributed by atoms with Crippen LogP contribution in [0.15, 0.2) is 54.6 Å². The van der Waals surface area contributed by atoms with Gasteiger partial charge in [-0.05, 0) is 11.6 Å². The lowest BCUT2D eigenvalue weighted by atomic mass is 10.1. The van der Waals surface area contributed by atoms with E-state index in [2.05, 4.69) is 5.32 Å². The molecule has 1 unspecified atom stereocenters. The second-order valence-corrected chi connectivity index (χ2v) is 4.48. The number of aliphatic hydroxyl groups excluding tert-OH is 1. The first-order valence-corrected chi connectivity index (χ1v) is 6.54. The van der Waals surface area contributed by atoms with E-state index in [1.807, 2.05) is 30.3 Å². The van der Waals surface area contributed by atoms with Gasteiger partial charge in [-0.25, -0.2) is 9.18 Å². The highest BCUT2D eigenvalue weighted by atomic mass is 19.1. The van der Waals surface area contributed by atoms with Crippen LogP contribution >= 0.6 is 0 Å². The Balaban J connectivity index is 1.77. The maximum Gasteiger partial charge on any atom is 0.407 e. The van der Waals surface area contributed by atoms with Crippen LogP contribution in [-0.4, -0.2) is 17.7 Å². The maximum atomic E-state index is 13.4. The number of aliphatic hydroxyl groups is 1. The van der Waals surface area contributed by atoms with Crippen LogP contribution in [0.2, 0.25) is 0 Å².